The highest BCUT2D eigenvalue weighted by atomic mass is 16.5. The van der Waals surface area contributed by atoms with Gasteiger partial charge in [-0.1, -0.05) is 12.1 Å². The minimum absolute atomic E-state index is 0.0697. The van der Waals surface area contributed by atoms with Gasteiger partial charge in [0.2, 0.25) is 5.78 Å². The summed E-state index contributed by atoms with van der Waals surface area (Å²) in [6.07, 6.45) is 1.65. The van der Waals surface area contributed by atoms with Gasteiger partial charge in [-0.3, -0.25) is 4.79 Å². The third-order valence-corrected chi connectivity index (χ3v) is 2.89. The summed E-state index contributed by atoms with van der Waals surface area (Å²) < 4.78 is 5.45. The van der Waals surface area contributed by atoms with Gasteiger partial charge in [0.15, 0.2) is 5.76 Å². The molecule has 4 nitrogen and oxygen atoms in total. The van der Waals surface area contributed by atoms with Crippen LogP contribution in [0, 0.1) is 0 Å². The number of ketones is 1. The van der Waals surface area contributed by atoms with Crippen LogP contribution in [0.4, 0.5) is 5.69 Å². The zero-order valence-corrected chi connectivity index (χ0v) is 9.96. The Morgan fingerprint density at radius 3 is 2.58 bits per heavy atom. The van der Waals surface area contributed by atoms with Gasteiger partial charge in [-0.25, -0.2) is 0 Å². The average molecular weight is 253 g/mol. The number of benzene rings is 2. The summed E-state index contributed by atoms with van der Waals surface area (Å²) in [6, 6.07) is 11.6. The number of fused-ring (bicyclic) bond motifs is 1. The highest BCUT2D eigenvalue weighted by Gasteiger charge is 2.27. The first-order valence-electron chi connectivity index (χ1n) is 5.76. The van der Waals surface area contributed by atoms with Gasteiger partial charge in [-0.15, -0.1) is 0 Å². The number of hydrogen-bond donors (Lipinski definition) is 2. The molecule has 0 unspecified atom stereocenters. The van der Waals surface area contributed by atoms with Gasteiger partial charge in [-0.2, -0.15) is 0 Å². The Bertz CT molecular complexity index is 687. The summed E-state index contributed by atoms with van der Waals surface area (Å²) in [5.41, 5.74) is 7.55. The van der Waals surface area contributed by atoms with Crippen LogP contribution >= 0.6 is 0 Å². The van der Waals surface area contributed by atoms with E-state index >= 15 is 0 Å². The van der Waals surface area contributed by atoms with Gasteiger partial charge < -0.3 is 15.6 Å². The number of hydrogen-bond acceptors (Lipinski definition) is 4. The first-order chi connectivity index (χ1) is 9.13. The third-order valence-electron chi connectivity index (χ3n) is 2.89. The van der Waals surface area contributed by atoms with Crippen molar-refractivity contribution in [3.05, 3.63) is 59.4 Å². The third kappa shape index (κ3) is 2.04. The second-order valence-electron chi connectivity index (χ2n) is 4.29. The van der Waals surface area contributed by atoms with Gasteiger partial charge in [0.05, 0.1) is 5.56 Å². The maximum atomic E-state index is 12.1. The molecule has 4 heteroatoms. The van der Waals surface area contributed by atoms with Crippen LogP contribution in [0.5, 0.6) is 11.5 Å². The van der Waals surface area contributed by atoms with Crippen molar-refractivity contribution in [2.75, 3.05) is 5.73 Å². The topological polar surface area (TPSA) is 72.6 Å². The average Bonchev–Trinajstić information content (AvgIpc) is 2.68. The molecule has 0 fully saturated rings. The smallest absolute Gasteiger partial charge is 0.231 e. The maximum absolute atomic E-state index is 12.1. The van der Waals surface area contributed by atoms with Crippen molar-refractivity contribution < 1.29 is 14.6 Å². The Labute approximate surface area is 109 Å². The van der Waals surface area contributed by atoms with E-state index in [1.54, 1.807) is 36.4 Å². The van der Waals surface area contributed by atoms with Crippen LogP contribution in [0.1, 0.15) is 15.9 Å². The second kappa shape index (κ2) is 4.17. The number of anilines is 1. The lowest BCUT2D eigenvalue weighted by Gasteiger charge is -1.99. The molecule has 0 radical (unpaired) electrons. The fourth-order valence-electron chi connectivity index (χ4n) is 1.92. The predicted molar refractivity (Wildman–Crippen MR) is 71.9 cm³/mol. The Morgan fingerprint density at radius 1 is 1.11 bits per heavy atom. The number of allylic oxidation sites excluding steroid dienone is 1. The van der Waals surface area contributed by atoms with Gasteiger partial charge in [-0.05, 0) is 35.9 Å². The molecule has 1 aliphatic rings. The van der Waals surface area contributed by atoms with Crippen molar-refractivity contribution in [3.8, 4) is 11.5 Å². The SMILES string of the molecule is Nc1ccc(/C=C2\Oc3cc(O)ccc3C2=O)cc1. The molecule has 0 saturated carbocycles. The van der Waals surface area contributed by atoms with Crippen molar-refractivity contribution in [1.29, 1.82) is 0 Å². The van der Waals surface area contributed by atoms with Gasteiger partial charge in [0.1, 0.15) is 11.5 Å². The number of nitrogens with two attached hydrogens (primary N) is 1. The van der Waals surface area contributed by atoms with E-state index in [0.29, 0.717) is 17.0 Å². The number of ether oxygens (including phenoxy) is 1. The molecule has 3 N–H and O–H groups in total. The van der Waals surface area contributed by atoms with E-state index in [2.05, 4.69) is 0 Å². The molecule has 0 saturated heterocycles. The van der Waals surface area contributed by atoms with Crippen LogP contribution in [0.3, 0.4) is 0 Å². The van der Waals surface area contributed by atoms with Crippen molar-refractivity contribution in [2.45, 2.75) is 0 Å². The number of carbonyl (C=O) groups excluding carboxylic acids is 1. The molecule has 0 amide bonds. The number of phenols is 1. The van der Waals surface area contributed by atoms with Crippen LogP contribution in [-0.2, 0) is 0 Å². The fraction of sp³-hybridized carbons (Fsp3) is 0. The minimum Gasteiger partial charge on any atom is -0.508 e. The number of Topliss-reactive ketones (excluding diaryl/α,β-unsaturated/α-hetero) is 1. The lowest BCUT2D eigenvalue weighted by molar-refractivity contribution is 0.101. The first-order valence-corrected chi connectivity index (χ1v) is 5.76. The van der Waals surface area contributed by atoms with Gasteiger partial charge in [0.25, 0.3) is 0 Å². The predicted octanol–water partition coefficient (Wildman–Crippen LogP) is 2.59. The fourth-order valence-corrected chi connectivity index (χ4v) is 1.92. The Hall–Kier alpha value is -2.75. The zero-order chi connectivity index (χ0) is 13.4. The molecule has 0 aromatic heterocycles. The highest BCUT2D eigenvalue weighted by molar-refractivity contribution is 6.14. The number of carbonyl (C=O) groups is 1. The molecular weight excluding hydrogens is 242 g/mol. The van der Waals surface area contributed by atoms with E-state index in [1.165, 1.54) is 12.1 Å². The van der Waals surface area contributed by atoms with Crippen LogP contribution in [0.15, 0.2) is 48.2 Å². The van der Waals surface area contributed by atoms with Gasteiger partial charge in [0, 0.05) is 11.8 Å². The largest absolute Gasteiger partial charge is 0.508 e. The molecule has 1 heterocycles. The minimum atomic E-state index is -0.188. The van der Waals surface area contributed by atoms with Crippen molar-refractivity contribution in [1.82, 2.24) is 0 Å². The number of aromatic hydroxyl groups is 1. The molecule has 2 aromatic carbocycles. The standard InChI is InChI=1S/C15H11NO3/c16-10-3-1-9(2-4-10)7-14-15(18)12-6-5-11(17)8-13(12)19-14/h1-8,17H,16H2/b14-7-. The highest BCUT2D eigenvalue weighted by Crippen LogP contribution is 2.34. The van der Waals surface area contributed by atoms with E-state index in [4.69, 9.17) is 10.5 Å². The van der Waals surface area contributed by atoms with Crippen molar-refractivity contribution in [2.24, 2.45) is 0 Å². The van der Waals surface area contributed by atoms with Crippen molar-refractivity contribution in [3.63, 3.8) is 0 Å². The molecule has 19 heavy (non-hydrogen) atoms. The Kier molecular flexibility index (Phi) is 2.49. The monoisotopic (exact) mass is 253 g/mol. The van der Waals surface area contributed by atoms with Crippen LogP contribution < -0.4 is 10.5 Å². The summed E-state index contributed by atoms with van der Waals surface area (Å²) in [5, 5.41) is 9.36. The lowest BCUT2D eigenvalue weighted by atomic mass is 10.1. The molecule has 0 bridgehead atoms. The molecule has 2 aromatic rings. The Morgan fingerprint density at radius 2 is 1.84 bits per heavy atom. The summed E-state index contributed by atoms with van der Waals surface area (Å²) in [4.78, 5) is 12.1. The summed E-state index contributed by atoms with van der Waals surface area (Å²) in [6.45, 7) is 0. The number of rotatable bonds is 1. The van der Waals surface area contributed by atoms with Crippen LogP contribution in [-0.4, -0.2) is 10.9 Å². The van der Waals surface area contributed by atoms with Gasteiger partial charge >= 0.3 is 0 Å². The molecule has 0 aliphatic carbocycles. The van der Waals surface area contributed by atoms with E-state index in [0.717, 1.165) is 5.56 Å². The van der Waals surface area contributed by atoms with E-state index in [1.807, 2.05) is 0 Å². The Balaban J connectivity index is 1.97. The van der Waals surface area contributed by atoms with Crippen LogP contribution in [0.2, 0.25) is 0 Å². The quantitative estimate of drug-likeness (QED) is 0.605. The normalized spacial score (nSPS) is 15.4. The molecule has 3 rings (SSSR count). The zero-order valence-electron chi connectivity index (χ0n) is 9.96. The summed E-state index contributed by atoms with van der Waals surface area (Å²) in [5.74, 6) is 0.504. The van der Waals surface area contributed by atoms with E-state index in [9.17, 15) is 9.90 Å². The maximum Gasteiger partial charge on any atom is 0.231 e. The molecule has 94 valence electrons. The lowest BCUT2D eigenvalue weighted by Crippen LogP contribution is -1.98. The van der Waals surface area contributed by atoms with Crippen LogP contribution in [0.25, 0.3) is 6.08 Å². The van der Waals surface area contributed by atoms with Crippen molar-refractivity contribution >= 4 is 17.5 Å². The van der Waals surface area contributed by atoms with E-state index in [-0.39, 0.29) is 17.3 Å². The second-order valence-corrected chi connectivity index (χ2v) is 4.29. The summed E-state index contributed by atoms with van der Waals surface area (Å²) >= 11 is 0. The first kappa shape index (κ1) is 11.3. The number of nitrogen functional groups attached to an aromatic ring is 1. The number of phenolic OH excluding ortho intramolecular Hbond substituents is 1. The molecular formula is C15H11NO3. The molecule has 1 aliphatic heterocycles. The molecule has 0 atom stereocenters. The van der Waals surface area contributed by atoms with E-state index < -0.39 is 0 Å². The summed E-state index contributed by atoms with van der Waals surface area (Å²) in [7, 11) is 0. The molecule has 0 spiro atoms.